The Balaban J connectivity index is 2.64. The van der Waals surface area contributed by atoms with Gasteiger partial charge in [-0.05, 0) is 0 Å². The summed E-state index contributed by atoms with van der Waals surface area (Å²) >= 11 is 0. The van der Waals surface area contributed by atoms with Gasteiger partial charge >= 0.3 is 0 Å². The van der Waals surface area contributed by atoms with Crippen molar-refractivity contribution < 1.29 is 9.13 Å². The Morgan fingerprint density at radius 1 is 1.40 bits per heavy atom. The molecule has 0 saturated carbocycles. The zero-order valence-electron chi connectivity index (χ0n) is 8.97. The lowest BCUT2D eigenvalue weighted by Gasteiger charge is -1.98. The lowest BCUT2D eigenvalue weighted by atomic mass is 10.2. The van der Waals surface area contributed by atoms with Gasteiger partial charge in [0.25, 0.3) is 0 Å². The van der Waals surface area contributed by atoms with Crippen molar-refractivity contribution in [2.45, 2.75) is 19.8 Å². The number of nitrogens with zero attached hydrogens (tertiary/aromatic N) is 1. The molecule has 0 aliphatic heterocycles. The van der Waals surface area contributed by atoms with Crippen LogP contribution in [0.25, 0.3) is 11.0 Å². The van der Waals surface area contributed by atoms with Crippen molar-refractivity contribution in [1.82, 2.24) is 9.97 Å². The van der Waals surface area contributed by atoms with E-state index < -0.39 is 0 Å². The molecule has 0 bridgehead atoms. The van der Waals surface area contributed by atoms with Gasteiger partial charge < -0.3 is 9.72 Å². The Hall–Kier alpha value is -1.58. The molecular formula is C11H13FN2O. The Morgan fingerprint density at radius 3 is 2.73 bits per heavy atom. The summed E-state index contributed by atoms with van der Waals surface area (Å²) in [4.78, 5) is 7.28. The molecule has 15 heavy (non-hydrogen) atoms. The standard InChI is InChI=1S/C11H13FN2O/c1-6(2)11-13-9-5-7(15-3)4-8(12)10(9)14-11/h4-6H,1-3H3,(H,13,14). The van der Waals surface area contributed by atoms with E-state index in [0.29, 0.717) is 16.8 Å². The molecule has 0 unspecified atom stereocenters. The predicted molar refractivity (Wildman–Crippen MR) is 56.7 cm³/mol. The Kier molecular flexibility index (Phi) is 2.34. The van der Waals surface area contributed by atoms with Crippen LogP contribution >= 0.6 is 0 Å². The predicted octanol–water partition coefficient (Wildman–Crippen LogP) is 2.83. The molecule has 0 spiro atoms. The molecule has 1 heterocycles. The summed E-state index contributed by atoms with van der Waals surface area (Å²) in [5, 5.41) is 0. The van der Waals surface area contributed by atoms with Gasteiger partial charge in [0.05, 0.1) is 12.6 Å². The summed E-state index contributed by atoms with van der Waals surface area (Å²) in [6.07, 6.45) is 0. The molecule has 0 fully saturated rings. The van der Waals surface area contributed by atoms with Crippen molar-refractivity contribution in [3.05, 3.63) is 23.8 Å². The van der Waals surface area contributed by atoms with Crippen LogP contribution in [0.4, 0.5) is 4.39 Å². The quantitative estimate of drug-likeness (QED) is 0.824. The van der Waals surface area contributed by atoms with Gasteiger partial charge in [-0.3, -0.25) is 0 Å². The summed E-state index contributed by atoms with van der Waals surface area (Å²) in [6.45, 7) is 4.01. The molecular weight excluding hydrogens is 195 g/mol. The summed E-state index contributed by atoms with van der Waals surface area (Å²) < 4.78 is 18.5. The number of halogens is 1. The third-order valence-corrected chi connectivity index (χ3v) is 2.31. The van der Waals surface area contributed by atoms with Gasteiger partial charge in [-0.25, -0.2) is 9.37 Å². The van der Waals surface area contributed by atoms with Crippen LogP contribution in [0.3, 0.4) is 0 Å². The summed E-state index contributed by atoms with van der Waals surface area (Å²) in [5.74, 6) is 1.19. The van der Waals surface area contributed by atoms with Crippen LogP contribution in [0.5, 0.6) is 5.75 Å². The molecule has 3 nitrogen and oxygen atoms in total. The highest BCUT2D eigenvalue weighted by atomic mass is 19.1. The number of H-pyrrole nitrogens is 1. The molecule has 2 rings (SSSR count). The fourth-order valence-corrected chi connectivity index (χ4v) is 1.46. The topological polar surface area (TPSA) is 37.9 Å². The lowest BCUT2D eigenvalue weighted by molar-refractivity contribution is 0.412. The number of benzene rings is 1. The highest BCUT2D eigenvalue weighted by Gasteiger charge is 2.11. The first kappa shape index (κ1) is 9.96. The first-order valence-corrected chi connectivity index (χ1v) is 4.85. The average molecular weight is 208 g/mol. The average Bonchev–Trinajstić information content (AvgIpc) is 2.61. The highest BCUT2D eigenvalue weighted by molar-refractivity contribution is 5.77. The monoisotopic (exact) mass is 208 g/mol. The summed E-state index contributed by atoms with van der Waals surface area (Å²) in [5.41, 5.74) is 1.05. The number of ether oxygens (including phenoxy) is 1. The van der Waals surface area contributed by atoms with Gasteiger partial charge in [0.2, 0.25) is 0 Å². The van der Waals surface area contributed by atoms with Crippen LogP contribution in [0.1, 0.15) is 25.6 Å². The van der Waals surface area contributed by atoms with Gasteiger partial charge in [0.1, 0.15) is 17.1 Å². The van der Waals surface area contributed by atoms with E-state index in [1.807, 2.05) is 13.8 Å². The second kappa shape index (κ2) is 3.53. The minimum atomic E-state index is -0.354. The Morgan fingerprint density at radius 2 is 2.13 bits per heavy atom. The molecule has 2 aromatic rings. The Bertz CT molecular complexity index is 491. The maximum absolute atomic E-state index is 13.5. The van der Waals surface area contributed by atoms with E-state index in [0.717, 1.165) is 5.82 Å². The van der Waals surface area contributed by atoms with Crippen LogP contribution in [0.2, 0.25) is 0 Å². The van der Waals surface area contributed by atoms with Crippen molar-refractivity contribution in [3.8, 4) is 5.75 Å². The lowest BCUT2D eigenvalue weighted by Crippen LogP contribution is -1.88. The fraction of sp³-hybridized carbons (Fsp3) is 0.364. The number of aromatic nitrogens is 2. The summed E-state index contributed by atoms with van der Waals surface area (Å²) in [7, 11) is 1.51. The molecule has 0 saturated heterocycles. The number of rotatable bonds is 2. The number of fused-ring (bicyclic) bond motifs is 1. The van der Waals surface area contributed by atoms with E-state index in [1.165, 1.54) is 13.2 Å². The third-order valence-electron chi connectivity index (χ3n) is 2.31. The van der Waals surface area contributed by atoms with Gasteiger partial charge in [-0.1, -0.05) is 13.8 Å². The normalized spacial score (nSPS) is 11.3. The Labute approximate surface area is 87.3 Å². The van der Waals surface area contributed by atoms with E-state index >= 15 is 0 Å². The second-order valence-electron chi connectivity index (χ2n) is 3.78. The van der Waals surface area contributed by atoms with Gasteiger partial charge in [0, 0.05) is 18.1 Å². The van der Waals surface area contributed by atoms with Gasteiger partial charge in [-0.2, -0.15) is 0 Å². The highest BCUT2D eigenvalue weighted by Crippen LogP contribution is 2.24. The molecule has 4 heteroatoms. The van der Waals surface area contributed by atoms with Gasteiger partial charge in [-0.15, -0.1) is 0 Å². The zero-order chi connectivity index (χ0) is 11.0. The van der Waals surface area contributed by atoms with E-state index in [9.17, 15) is 4.39 Å². The van der Waals surface area contributed by atoms with Crippen molar-refractivity contribution in [2.75, 3.05) is 7.11 Å². The molecule has 0 radical (unpaired) electrons. The SMILES string of the molecule is COc1cc(F)c2nc(C(C)C)[nH]c2c1. The molecule has 0 aliphatic rings. The van der Waals surface area contributed by atoms with E-state index in [4.69, 9.17) is 4.74 Å². The first-order chi connectivity index (χ1) is 7.11. The van der Waals surface area contributed by atoms with Crippen molar-refractivity contribution >= 4 is 11.0 Å². The van der Waals surface area contributed by atoms with Crippen molar-refractivity contribution in [1.29, 1.82) is 0 Å². The minimum Gasteiger partial charge on any atom is -0.497 e. The van der Waals surface area contributed by atoms with E-state index in [-0.39, 0.29) is 11.7 Å². The molecule has 0 aliphatic carbocycles. The van der Waals surface area contributed by atoms with E-state index in [1.54, 1.807) is 6.07 Å². The molecule has 0 amide bonds. The largest absolute Gasteiger partial charge is 0.497 e. The smallest absolute Gasteiger partial charge is 0.154 e. The number of nitrogens with one attached hydrogen (secondary N) is 1. The zero-order valence-corrected chi connectivity index (χ0v) is 8.97. The number of imidazole rings is 1. The van der Waals surface area contributed by atoms with Crippen LogP contribution in [-0.2, 0) is 0 Å². The third kappa shape index (κ3) is 1.67. The van der Waals surface area contributed by atoms with Gasteiger partial charge in [0.15, 0.2) is 5.82 Å². The molecule has 0 atom stereocenters. The molecule has 1 aromatic heterocycles. The fourth-order valence-electron chi connectivity index (χ4n) is 1.46. The maximum atomic E-state index is 13.5. The molecule has 80 valence electrons. The molecule has 1 aromatic carbocycles. The van der Waals surface area contributed by atoms with Crippen LogP contribution in [0.15, 0.2) is 12.1 Å². The van der Waals surface area contributed by atoms with Crippen LogP contribution in [-0.4, -0.2) is 17.1 Å². The minimum absolute atomic E-state index is 0.253. The maximum Gasteiger partial charge on any atom is 0.154 e. The first-order valence-electron chi connectivity index (χ1n) is 4.85. The van der Waals surface area contributed by atoms with Crippen molar-refractivity contribution in [3.63, 3.8) is 0 Å². The molecule has 1 N–H and O–H groups in total. The number of aromatic amines is 1. The van der Waals surface area contributed by atoms with Crippen molar-refractivity contribution in [2.24, 2.45) is 0 Å². The summed E-state index contributed by atoms with van der Waals surface area (Å²) in [6, 6.07) is 3.09. The van der Waals surface area contributed by atoms with Crippen LogP contribution in [0, 0.1) is 5.82 Å². The number of hydrogen-bond donors (Lipinski definition) is 1. The van der Waals surface area contributed by atoms with Crippen LogP contribution < -0.4 is 4.74 Å². The second-order valence-corrected chi connectivity index (χ2v) is 3.78. The number of methoxy groups -OCH3 is 1. The van der Waals surface area contributed by atoms with E-state index in [2.05, 4.69) is 9.97 Å². The number of hydrogen-bond acceptors (Lipinski definition) is 2.